The van der Waals surface area contributed by atoms with Crippen molar-refractivity contribution in [1.29, 1.82) is 0 Å². The summed E-state index contributed by atoms with van der Waals surface area (Å²) < 4.78 is 32.5. The molecule has 0 saturated heterocycles. The van der Waals surface area contributed by atoms with Crippen molar-refractivity contribution >= 4 is 15.9 Å². The molecule has 0 saturated carbocycles. The lowest BCUT2D eigenvalue weighted by molar-refractivity contribution is -0.120. The predicted molar refractivity (Wildman–Crippen MR) is 93.5 cm³/mol. The van der Waals surface area contributed by atoms with Crippen LogP contribution in [0.2, 0.25) is 0 Å². The van der Waals surface area contributed by atoms with Crippen LogP contribution in [-0.2, 0) is 21.4 Å². The fourth-order valence-electron chi connectivity index (χ4n) is 2.04. The van der Waals surface area contributed by atoms with E-state index < -0.39 is 10.0 Å². The summed E-state index contributed by atoms with van der Waals surface area (Å²) in [5.41, 5.74) is 0.617. The number of amides is 1. The minimum Gasteiger partial charge on any atom is -0.496 e. The third kappa shape index (κ3) is 6.46. The number of methoxy groups -OCH3 is 1. The van der Waals surface area contributed by atoms with Crippen LogP contribution in [0.5, 0.6) is 5.75 Å². The Morgan fingerprint density at radius 3 is 2.54 bits per heavy atom. The van der Waals surface area contributed by atoms with Crippen LogP contribution in [0.4, 0.5) is 0 Å². The molecule has 0 unspecified atom stereocenters. The summed E-state index contributed by atoms with van der Waals surface area (Å²) >= 11 is 0. The van der Waals surface area contributed by atoms with Gasteiger partial charge in [-0.25, -0.2) is 13.1 Å². The first-order chi connectivity index (χ1) is 11.4. The molecule has 0 aliphatic carbocycles. The zero-order valence-electron chi connectivity index (χ0n) is 14.5. The van der Waals surface area contributed by atoms with Crippen LogP contribution < -0.4 is 20.1 Å². The fraction of sp³-hybridized carbons (Fsp3) is 0.562. The number of ether oxygens (including phenoxy) is 1. The highest BCUT2D eigenvalue weighted by Gasteiger charge is 2.16. The van der Waals surface area contributed by atoms with Crippen LogP contribution in [-0.4, -0.2) is 41.1 Å². The van der Waals surface area contributed by atoms with Crippen molar-refractivity contribution in [2.75, 3.05) is 26.7 Å². The van der Waals surface area contributed by atoms with Gasteiger partial charge in [0.1, 0.15) is 5.75 Å². The van der Waals surface area contributed by atoms with Crippen LogP contribution in [0.15, 0.2) is 23.1 Å². The topological polar surface area (TPSA) is 96.5 Å². The fourth-order valence-corrected chi connectivity index (χ4v) is 3.12. The summed E-state index contributed by atoms with van der Waals surface area (Å²) in [6.45, 7) is 5.76. The van der Waals surface area contributed by atoms with E-state index in [9.17, 15) is 13.2 Å². The molecule has 0 fully saturated rings. The van der Waals surface area contributed by atoms with Crippen LogP contribution >= 0.6 is 0 Å². The van der Waals surface area contributed by atoms with Gasteiger partial charge in [-0.2, -0.15) is 0 Å². The predicted octanol–water partition coefficient (Wildman–Crippen LogP) is 0.999. The van der Waals surface area contributed by atoms with Gasteiger partial charge < -0.3 is 15.4 Å². The van der Waals surface area contributed by atoms with Crippen LogP contribution in [0.25, 0.3) is 0 Å². The number of carbonyl (C=O) groups is 1. The maximum atomic E-state index is 12.3. The number of sulfonamides is 1. The second kappa shape index (κ2) is 10.3. The molecule has 8 heteroatoms. The van der Waals surface area contributed by atoms with E-state index in [4.69, 9.17) is 4.74 Å². The molecular weight excluding hydrogens is 330 g/mol. The zero-order valence-corrected chi connectivity index (χ0v) is 15.3. The summed E-state index contributed by atoms with van der Waals surface area (Å²) in [7, 11) is -2.09. The number of benzene rings is 1. The third-order valence-corrected chi connectivity index (χ3v) is 4.84. The van der Waals surface area contributed by atoms with E-state index in [2.05, 4.69) is 15.4 Å². The summed E-state index contributed by atoms with van der Waals surface area (Å²) in [4.78, 5) is 11.6. The van der Waals surface area contributed by atoms with E-state index in [0.29, 0.717) is 30.8 Å². The van der Waals surface area contributed by atoms with Crippen molar-refractivity contribution in [3.8, 4) is 5.75 Å². The number of nitrogens with one attached hydrogen (secondary N) is 3. The molecule has 0 radical (unpaired) electrons. The van der Waals surface area contributed by atoms with Gasteiger partial charge in [-0.1, -0.05) is 13.8 Å². The Morgan fingerprint density at radius 1 is 1.17 bits per heavy atom. The maximum Gasteiger partial charge on any atom is 0.240 e. The lowest BCUT2D eigenvalue weighted by Crippen LogP contribution is -2.32. The molecular formula is C16H27N3O4S. The zero-order chi connectivity index (χ0) is 18.0. The summed E-state index contributed by atoms with van der Waals surface area (Å²) in [6, 6.07) is 4.61. The molecule has 1 aromatic carbocycles. The van der Waals surface area contributed by atoms with Crippen LogP contribution in [0, 0.1) is 0 Å². The highest BCUT2D eigenvalue weighted by Crippen LogP contribution is 2.22. The highest BCUT2D eigenvalue weighted by molar-refractivity contribution is 7.89. The molecule has 0 atom stereocenters. The second-order valence-corrected chi connectivity index (χ2v) is 7.02. The van der Waals surface area contributed by atoms with Crippen molar-refractivity contribution in [2.24, 2.45) is 0 Å². The molecule has 1 rings (SSSR count). The molecule has 7 nitrogen and oxygen atoms in total. The highest BCUT2D eigenvalue weighted by atomic mass is 32.2. The Labute approximate surface area is 144 Å². The minimum absolute atomic E-state index is 0.106. The molecule has 0 bridgehead atoms. The first-order valence-electron chi connectivity index (χ1n) is 8.08. The average molecular weight is 357 g/mol. The Bertz CT molecular complexity index is 632. The first kappa shape index (κ1) is 20.4. The normalized spacial score (nSPS) is 11.3. The monoisotopic (exact) mass is 357 g/mol. The van der Waals surface area contributed by atoms with Gasteiger partial charge in [0.05, 0.1) is 12.0 Å². The number of hydrogen-bond donors (Lipinski definition) is 3. The summed E-state index contributed by atoms with van der Waals surface area (Å²) in [6.07, 6.45) is 1.37. The summed E-state index contributed by atoms with van der Waals surface area (Å²) in [5.74, 6) is 0.431. The average Bonchev–Trinajstić information content (AvgIpc) is 2.59. The van der Waals surface area contributed by atoms with Gasteiger partial charge in [0, 0.05) is 31.6 Å². The van der Waals surface area contributed by atoms with Crippen LogP contribution in [0.3, 0.4) is 0 Å². The van der Waals surface area contributed by atoms with Crippen molar-refractivity contribution in [3.63, 3.8) is 0 Å². The van der Waals surface area contributed by atoms with E-state index in [-0.39, 0.29) is 17.3 Å². The minimum atomic E-state index is -3.60. The molecule has 1 amide bonds. The number of hydrogen-bond acceptors (Lipinski definition) is 5. The maximum absolute atomic E-state index is 12.3. The molecule has 1 aromatic rings. The lowest BCUT2D eigenvalue weighted by Gasteiger charge is -2.13. The number of rotatable bonds is 11. The smallest absolute Gasteiger partial charge is 0.240 e. The number of carbonyl (C=O) groups excluding carboxylic acids is 1. The van der Waals surface area contributed by atoms with Gasteiger partial charge in [0.25, 0.3) is 0 Å². The SMILES string of the molecule is CCCNCCNS(=O)(=O)c1ccc(OC)c(CNC(=O)CC)c1. The van der Waals surface area contributed by atoms with Crippen molar-refractivity contribution < 1.29 is 17.9 Å². The van der Waals surface area contributed by atoms with Gasteiger partial charge in [0.2, 0.25) is 15.9 Å². The molecule has 0 aliphatic heterocycles. The Hall–Kier alpha value is -1.64. The molecule has 3 N–H and O–H groups in total. The molecule has 0 spiro atoms. The molecule has 136 valence electrons. The van der Waals surface area contributed by atoms with Gasteiger partial charge >= 0.3 is 0 Å². The molecule has 0 aliphatic rings. The van der Waals surface area contributed by atoms with E-state index in [1.807, 2.05) is 6.92 Å². The second-order valence-electron chi connectivity index (χ2n) is 5.25. The quantitative estimate of drug-likeness (QED) is 0.514. The van der Waals surface area contributed by atoms with E-state index in [1.54, 1.807) is 13.0 Å². The Morgan fingerprint density at radius 2 is 1.92 bits per heavy atom. The van der Waals surface area contributed by atoms with Gasteiger partial charge in [-0.05, 0) is 31.2 Å². The van der Waals surface area contributed by atoms with E-state index >= 15 is 0 Å². The largest absolute Gasteiger partial charge is 0.496 e. The Balaban J connectivity index is 2.81. The standard InChI is InChI=1S/C16H27N3O4S/c1-4-8-17-9-10-19-24(21,22)14-6-7-15(23-3)13(11-14)12-18-16(20)5-2/h6-7,11,17,19H,4-5,8-10,12H2,1-3H3,(H,18,20). The first-order valence-corrected chi connectivity index (χ1v) is 9.56. The lowest BCUT2D eigenvalue weighted by atomic mass is 10.2. The molecule has 24 heavy (non-hydrogen) atoms. The van der Waals surface area contributed by atoms with E-state index in [0.717, 1.165) is 13.0 Å². The van der Waals surface area contributed by atoms with E-state index in [1.165, 1.54) is 19.2 Å². The third-order valence-electron chi connectivity index (χ3n) is 3.38. The van der Waals surface area contributed by atoms with Crippen molar-refractivity contribution in [1.82, 2.24) is 15.4 Å². The van der Waals surface area contributed by atoms with Crippen LogP contribution in [0.1, 0.15) is 32.3 Å². The van der Waals surface area contributed by atoms with Crippen molar-refractivity contribution in [3.05, 3.63) is 23.8 Å². The van der Waals surface area contributed by atoms with Gasteiger partial charge in [0.15, 0.2) is 0 Å². The molecule has 0 aromatic heterocycles. The van der Waals surface area contributed by atoms with Crippen molar-refractivity contribution in [2.45, 2.75) is 38.1 Å². The van der Waals surface area contributed by atoms with Gasteiger partial charge in [-0.15, -0.1) is 0 Å². The Kier molecular flexibility index (Phi) is 8.73. The summed E-state index contributed by atoms with van der Waals surface area (Å²) in [5, 5.41) is 5.86. The molecule has 0 heterocycles. The van der Waals surface area contributed by atoms with Gasteiger partial charge in [-0.3, -0.25) is 4.79 Å².